The number of nitrogens with zero attached hydrogens (tertiary/aromatic N) is 4. The summed E-state index contributed by atoms with van der Waals surface area (Å²) in [4.78, 5) is 16.8. The van der Waals surface area contributed by atoms with Gasteiger partial charge in [0.15, 0.2) is 16.1 Å². The standard InChI is InChI=1S/C21H16Cl2FN5O2S2/c1-29-18(9-31-14-6-7-16(24)15(23)8-14)27-28-21(29)33-11-19(30)26-20-25-17(10-32-20)12-2-4-13(22)5-3-12/h2-8,10H,9,11H2,1H3,(H,25,26,30). The van der Waals surface area contributed by atoms with E-state index >= 15 is 0 Å². The predicted molar refractivity (Wildman–Crippen MR) is 129 cm³/mol. The van der Waals surface area contributed by atoms with Gasteiger partial charge in [-0.2, -0.15) is 0 Å². The smallest absolute Gasteiger partial charge is 0.236 e. The molecule has 0 radical (unpaired) electrons. The molecule has 4 aromatic rings. The Morgan fingerprint density at radius 3 is 2.76 bits per heavy atom. The summed E-state index contributed by atoms with van der Waals surface area (Å²) in [6.45, 7) is 0.116. The fraction of sp³-hybridized carbons (Fsp3) is 0.143. The average molecular weight is 524 g/mol. The number of carbonyl (C=O) groups excluding carboxylic acids is 1. The molecule has 0 spiro atoms. The van der Waals surface area contributed by atoms with Crippen LogP contribution in [0.2, 0.25) is 10.0 Å². The van der Waals surface area contributed by atoms with Gasteiger partial charge in [-0.25, -0.2) is 9.37 Å². The molecular formula is C21H16Cl2FN5O2S2. The van der Waals surface area contributed by atoms with Crippen molar-refractivity contribution in [2.75, 3.05) is 11.1 Å². The Morgan fingerprint density at radius 2 is 2.00 bits per heavy atom. The van der Waals surface area contributed by atoms with Gasteiger partial charge in [0.05, 0.1) is 16.5 Å². The van der Waals surface area contributed by atoms with Crippen molar-refractivity contribution in [3.8, 4) is 17.0 Å². The molecule has 0 saturated heterocycles. The molecule has 7 nitrogen and oxygen atoms in total. The van der Waals surface area contributed by atoms with Crippen molar-refractivity contribution in [2.45, 2.75) is 11.8 Å². The number of hydrogen-bond donors (Lipinski definition) is 1. The number of halogens is 3. The Morgan fingerprint density at radius 1 is 1.21 bits per heavy atom. The minimum absolute atomic E-state index is 0.0201. The van der Waals surface area contributed by atoms with Crippen LogP contribution in [-0.4, -0.2) is 31.4 Å². The summed E-state index contributed by atoms with van der Waals surface area (Å²) in [5.41, 5.74) is 1.68. The van der Waals surface area contributed by atoms with E-state index in [1.165, 1.54) is 41.3 Å². The van der Waals surface area contributed by atoms with Crippen molar-refractivity contribution in [1.82, 2.24) is 19.7 Å². The molecule has 0 fully saturated rings. The largest absolute Gasteiger partial charge is 0.486 e. The maximum absolute atomic E-state index is 13.3. The monoisotopic (exact) mass is 523 g/mol. The zero-order chi connectivity index (χ0) is 23.4. The van der Waals surface area contributed by atoms with E-state index in [2.05, 4.69) is 20.5 Å². The van der Waals surface area contributed by atoms with Gasteiger partial charge in [0, 0.05) is 29.1 Å². The van der Waals surface area contributed by atoms with E-state index in [9.17, 15) is 9.18 Å². The van der Waals surface area contributed by atoms with Crippen molar-refractivity contribution in [2.24, 2.45) is 7.05 Å². The molecule has 0 atom stereocenters. The predicted octanol–water partition coefficient (Wildman–Crippen LogP) is 5.69. The van der Waals surface area contributed by atoms with Crippen molar-refractivity contribution in [1.29, 1.82) is 0 Å². The van der Waals surface area contributed by atoms with E-state index in [0.717, 1.165) is 11.3 Å². The van der Waals surface area contributed by atoms with Gasteiger partial charge in [0.25, 0.3) is 0 Å². The van der Waals surface area contributed by atoms with Gasteiger partial charge in [0.1, 0.15) is 18.2 Å². The summed E-state index contributed by atoms with van der Waals surface area (Å²) in [7, 11) is 1.77. The Balaban J connectivity index is 1.29. The first-order valence-corrected chi connectivity index (χ1v) is 12.1. The quantitative estimate of drug-likeness (QED) is 0.298. The summed E-state index contributed by atoms with van der Waals surface area (Å²) < 4.78 is 20.6. The molecule has 4 rings (SSSR count). The highest BCUT2D eigenvalue weighted by Gasteiger charge is 2.14. The van der Waals surface area contributed by atoms with Gasteiger partial charge >= 0.3 is 0 Å². The van der Waals surface area contributed by atoms with Crippen LogP contribution < -0.4 is 10.1 Å². The Labute approximate surface area is 206 Å². The Hall–Kier alpha value is -2.66. The molecule has 0 aliphatic rings. The first-order valence-electron chi connectivity index (χ1n) is 9.49. The lowest BCUT2D eigenvalue weighted by atomic mass is 10.2. The van der Waals surface area contributed by atoms with Gasteiger partial charge in [-0.3, -0.25) is 4.79 Å². The zero-order valence-corrected chi connectivity index (χ0v) is 20.2. The van der Waals surface area contributed by atoms with Gasteiger partial charge in [-0.1, -0.05) is 47.1 Å². The van der Waals surface area contributed by atoms with Gasteiger partial charge < -0.3 is 14.6 Å². The van der Waals surface area contributed by atoms with Gasteiger partial charge in [0.2, 0.25) is 5.91 Å². The molecule has 170 valence electrons. The lowest BCUT2D eigenvalue weighted by Crippen LogP contribution is -2.14. The van der Waals surface area contributed by atoms with Crippen LogP contribution in [0.3, 0.4) is 0 Å². The molecule has 33 heavy (non-hydrogen) atoms. The minimum Gasteiger partial charge on any atom is -0.486 e. The third-order valence-electron chi connectivity index (χ3n) is 4.41. The number of amides is 1. The third kappa shape index (κ3) is 6.02. The highest BCUT2D eigenvalue weighted by Crippen LogP contribution is 2.26. The highest BCUT2D eigenvalue weighted by molar-refractivity contribution is 7.99. The van der Waals surface area contributed by atoms with Crippen LogP contribution in [0.1, 0.15) is 5.82 Å². The normalized spacial score (nSPS) is 10.9. The van der Waals surface area contributed by atoms with Gasteiger partial charge in [-0.05, 0) is 24.3 Å². The number of carbonyl (C=O) groups is 1. The molecule has 12 heteroatoms. The van der Waals surface area contributed by atoms with E-state index in [1.807, 2.05) is 17.5 Å². The van der Waals surface area contributed by atoms with E-state index in [4.69, 9.17) is 27.9 Å². The van der Waals surface area contributed by atoms with Crippen molar-refractivity contribution in [3.05, 3.63) is 69.5 Å². The number of anilines is 1. The fourth-order valence-corrected chi connectivity index (χ4v) is 4.44. The SMILES string of the molecule is Cn1c(COc2ccc(F)c(Cl)c2)nnc1SCC(=O)Nc1nc(-c2ccc(Cl)cc2)cs1. The summed E-state index contributed by atoms with van der Waals surface area (Å²) in [6, 6.07) is 11.4. The van der Waals surface area contributed by atoms with Crippen LogP contribution in [0.5, 0.6) is 5.75 Å². The van der Waals surface area contributed by atoms with Crippen molar-refractivity contribution >= 4 is 57.3 Å². The van der Waals surface area contributed by atoms with E-state index in [1.54, 1.807) is 23.7 Å². The summed E-state index contributed by atoms with van der Waals surface area (Å²) in [6.07, 6.45) is 0. The van der Waals surface area contributed by atoms with E-state index in [0.29, 0.717) is 26.9 Å². The number of aromatic nitrogens is 4. The molecule has 1 N–H and O–H groups in total. The van der Waals surface area contributed by atoms with Crippen LogP contribution in [0.25, 0.3) is 11.3 Å². The lowest BCUT2D eigenvalue weighted by Gasteiger charge is -2.07. The molecule has 2 aromatic carbocycles. The highest BCUT2D eigenvalue weighted by atomic mass is 35.5. The van der Waals surface area contributed by atoms with E-state index < -0.39 is 5.82 Å². The van der Waals surface area contributed by atoms with Crippen molar-refractivity contribution < 1.29 is 13.9 Å². The summed E-state index contributed by atoms with van der Waals surface area (Å²) >= 11 is 14.3. The van der Waals surface area contributed by atoms with Crippen LogP contribution >= 0.6 is 46.3 Å². The molecule has 1 amide bonds. The number of rotatable bonds is 8. The van der Waals surface area contributed by atoms with Gasteiger partial charge in [-0.15, -0.1) is 21.5 Å². The zero-order valence-electron chi connectivity index (χ0n) is 17.1. The second kappa shape index (κ2) is 10.5. The first kappa shape index (κ1) is 23.5. The molecule has 0 bridgehead atoms. The number of ether oxygens (including phenoxy) is 1. The first-order chi connectivity index (χ1) is 15.9. The molecule has 2 aromatic heterocycles. The maximum Gasteiger partial charge on any atom is 0.236 e. The van der Waals surface area contributed by atoms with Crippen molar-refractivity contribution in [3.63, 3.8) is 0 Å². The number of benzene rings is 2. The number of thioether (sulfide) groups is 1. The number of nitrogens with one attached hydrogen (secondary N) is 1. The second-order valence-electron chi connectivity index (χ2n) is 6.70. The molecule has 0 aliphatic carbocycles. The molecule has 2 heterocycles. The number of thiazole rings is 1. The fourth-order valence-electron chi connectivity index (χ4n) is 2.68. The third-order valence-corrected chi connectivity index (χ3v) is 6.73. The Bertz CT molecular complexity index is 1280. The average Bonchev–Trinajstić information content (AvgIpc) is 3.40. The molecular weight excluding hydrogens is 508 g/mol. The van der Waals surface area contributed by atoms with E-state index in [-0.39, 0.29) is 23.3 Å². The van der Waals surface area contributed by atoms with Crippen LogP contribution in [0.4, 0.5) is 9.52 Å². The Kier molecular flexibility index (Phi) is 7.49. The maximum atomic E-state index is 13.3. The molecule has 0 saturated carbocycles. The topological polar surface area (TPSA) is 81.9 Å². The molecule has 0 unspecified atom stereocenters. The van der Waals surface area contributed by atoms with Crippen LogP contribution in [-0.2, 0) is 18.4 Å². The minimum atomic E-state index is -0.515. The summed E-state index contributed by atoms with van der Waals surface area (Å²) in [5, 5.41) is 14.5. The lowest BCUT2D eigenvalue weighted by molar-refractivity contribution is -0.113. The number of hydrogen-bond acceptors (Lipinski definition) is 7. The molecule has 0 aliphatic heterocycles. The summed E-state index contributed by atoms with van der Waals surface area (Å²) in [5.74, 6) is 0.374. The van der Waals surface area contributed by atoms with Crippen LogP contribution in [0, 0.1) is 5.82 Å². The second-order valence-corrected chi connectivity index (χ2v) is 9.35. The van der Waals surface area contributed by atoms with Crippen LogP contribution in [0.15, 0.2) is 53.0 Å².